The molecule has 0 aliphatic carbocycles. The molecule has 1 heterocycles. The number of benzene rings is 1. The Labute approximate surface area is 123 Å². The summed E-state index contributed by atoms with van der Waals surface area (Å²) in [6, 6.07) is 4.75. The van der Waals surface area contributed by atoms with Gasteiger partial charge in [-0.05, 0) is 31.5 Å². The van der Waals surface area contributed by atoms with Crippen LogP contribution >= 0.6 is 11.6 Å². The molecule has 1 aromatic carbocycles. The number of aromatic nitrogens is 2. The van der Waals surface area contributed by atoms with E-state index in [0.29, 0.717) is 5.69 Å². The first-order valence-corrected chi connectivity index (χ1v) is 7.27. The van der Waals surface area contributed by atoms with Gasteiger partial charge in [-0.15, -0.1) is 0 Å². The lowest BCUT2D eigenvalue weighted by Crippen LogP contribution is -2.15. The molecule has 0 spiro atoms. The standard InChI is InChI=1S/C15H19ClFN3/c1-3-7-18-9-11-10-19-20(15(11)4-2)12-5-6-13(16)14(17)8-12/h5-6,8,10,18H,3-4,7,9H2,1-2H3. The summed E-state index contributed by atoms with van der Waals surface area (Å²) in [6.45, 7) is 5.97. The maximum Gasteiger partial charge on any atom is 0.143 e. The van der Waals surface area contributed by atoms with E-state index in [2.05, 4.69) is 24.3 Å². The molecule has 20 heavy (non-hydrogen) atoms. The van der Waals surface area contributed by atoms with Crippen LogP contribution < -0.4 is 5.32 Å². The van der Waals surface area contributed by atoms with Gasteiger partial charge in [0, 0.05) is 23.9 Å². The van der Waals surface area contributed by atoms with E-state index in [1.807, 2.05) is 6.20 Å². The van der Waals surface area contributed by atoms with Crippen LogP contribution in [0, 0.1) is 5.82 Å². The lowest BCUT2D eigenvalue weighted by molar-refractivity contribution is 0.625. The SMILES string of the molecule is CCCNCc1cnn(-c2ccc(Cl)c(F)c2)c1CC. The fraction of sp³-hybridized carbons (Fsp3) is 0.400. The monoisotopic (exact) mass is 295 g/mol. The van der Waals surface area contributed by atoms with Crippen LogP contribution in [0.15, 0.2) is 24.4 Å². The highest BCUT2D eigenvalue weighted by Crippen LogP contribution is 2.21. The molecule has 0 aliphatic rings. The molecule has 5 heteroatoms. The zero-order valence-corrected chi connectivity index (χ0v) is 12.5. The fourth-order valence-electron chi connectivity index (χ4n) is 2.17. The Hall–Kier alpha value is -1.39. The van der Waals surface area contributed by atoms with Crippen molar-refractivity contribution in [2.24, 2.45) is 0 Å². The van der Waals surface area contributed by atoms with Crippen molar-refractivity contribution in [2.45, 2.75) is 33.2 Å². The van der Waals surface area contributed by atoms with Crippen LogP contribution in [-0.2, 0) is 13.0 Å². The first kappa shape index (κ1) is 15.0. The van der Waals surface area contributed by atoms with Gasteiger partial charge in [-0.3, -0.25) is 0 Å². The van der Waals surface area contributed by atoms with Crippen molar-refractivity contribution in [3.63, 3.8) is 0 Å². The molecule has 0 unspecified atom stereocenters. The number of nitrogens with one attached hydrogen (secondary N) is 1. The number of halogens is 2. The minimum Gasteiger partial charge on any atom is -0.313 e. The Kier molecular flexibility index (Phi) is 5.15. The minimum absolute atomic E-state index is 0.129. The molecule has 0 saturated heterocycles. The van der Waals surface area contributed by atoms with E-state index in [4.69, 9.17) is 11.6 Å². The van der Waals surface area contributed by atoms with Gasteiger partial charge in [0.15, 0.2) is 0 Å². The molecule has 0 aliphatic heterocycles. The average Bonchev–Trinajstić information content (AvgIpc) is 2.85. The zero-order chi connectivity index (χ0) is 14.5. The smallest absolute Gasteiger partial charge is 0.143 e. The molecule has 3 nitrogen and oxygen atoms in total. The third kappa shape index (κ3) is 3.19. The topological polar surface area (TPSA) is 29.9 Å². The largest absolute Gasteiger partial charge is 0.313 e. The maximum absolute atomic E-state index is 13.6. The average molecular weight is 296 g/mol. The van der Waals surface area contributed by atoms with Gasteiger partial charge in [0.05, 0.1) is 16.9 Å². The van der Waals surface area contributed by atoms with Crippen molar-refractivity contribution in [1.82, 2.24) is 15.1 Å². The number of hydrogen-bond acceptors (Lipinski definition) is 2. The summed E-state index contributed by atoms with van der Waals surface area (Å²) in [5.74, 6) is -0.424. The summed E-state index contributed by atoms with van der Waals surface area (Å²) in [4.78, 5) is 0. The summed E-state index contributed by atoms with van der Waals surface area (Å²) >= 11 is 5.72. The molecule has 0 radical (unpaired) electrons. The molecule has 0 fully saturated rings. The second-order valence-electron chi connectivity index (χ2n) is 4.66. The Morgan fingerprint density at radius 1 is 1.35 bits per heavy atom. The molecule has 2 aromatic rings. The molecule has 2 rings (SSSR count). The van der Waals surface area contributed by atoms with Crippen molar-refractivity contribution >= 4 is 11.6 Å². The Morgan fingerprint density at radius 2 is 2.15 bits per heavy atom. The van der Waals surface area contributed by atoms with Crippen LogP contribution in [-0.4, -0.2) is 16.3 Å². The number of rotatable bonds is 6. The molecule has 1 N–H and O–H groups in total. The van der Waals surface area contributed by atoms with Crippen LogP contribution in [0.1, 0.15) is 31.5 Å². The van der Waals surface area contributed by atoms with Gasteiger partial charge < -0.3 is 5.32 Å². The molecule has 0 saturated carbocycles. The van der Waals surface area contributed by atoms with Crippen molar-refractivity contribution < 1.29 is 4.39 Å². The third-order valence-corrected chi connectivity index (χ3v) is 3.49. The first-order chi connectivity index (χ1) is 9.67. The summed E-state index contributed by atoms with van der Waals surface area (Å²) in [7, 11) is 0. The van der Waals surface area contributed by atoms with Gasteiger partial charge in [0.2, 0.25) is 0 Å². The first-order valence-electron chi connectivity index (χ1n) is 6.89. The van der Waals surface area contributed by atoms with E-state index in [1.54, 1.807) is 16.8 Å². The van der Waals surface area contributed by atoms with Crippen LogP contribution in [0.4, 0.5) is 4.39 Å². The van der Waals surface area contributed by atoms with E-state index in [1.165, 1.54) is 6.07 Å². The Bertz CT molecular complexity index is 580. The van der Waals surface area contributed by atoms with Gasteiger partial charge in [-0.25, -0.2) is 9.07 Å². The molecule has 0 atom stereocenters. The molecular formula is C15H19ClFN3. The van der Waals surface area contributed by atoms with E-state index in [-0.39, 0.29) is 5.02 Å². The minimum atomic E-state index is -0.424. The molecule has 0 bridgehead atoms. The fourth-order valence-corrected chi connectivity index (χ4v) is 2.29. The van der Waals surface area contributed by atoms with Gasteiger partial charge in [0.25, 0.3) is 0 Å². The normalized spacial score (nSPS) is 11.0. The molecule has 108 valence electrons. The van der Waals surface area contributed by atoms with Gasteiger partial charge in [-0.2, -0.15) is 5.10 Å². The quantitative estimate of drug-likeness (QED) is 0.823. The predicted octanol–water partition coefficient (Wildman–Crippen LogP) is 3.73. The summed E-state index contributed by atoms with van der Waals surface area (Å²) in [6.07, 6.45) is 3.78. The Balaban J connectivity index is 2.29. The Morgan fingerprint density at radius 3 is 2.80 bits per heavy atom. The third-order valence-electron chi connectivity index (χ3n) is 3.18. The van der Waals surface area contributed by atoms with E-state index in [9.17, 15) is 4.39 Å². The maximum atomic E-state index is 13.6. The van der Waals surface area contributed by atoms with Crippen LogP contribution in [0.5, 0.6) is 0 Å². The van der Waals surface area contributed by atoms with Crippen molar-refractivity contribution in [1.29, 1.82) is 0 Å². The summed E-state index contributed by atoms with van der Waals surface area (Å²) in [5.41, 5.74) is 2.94. The lowest BCUT2D eigenvalue weighted by atomic mass is 10.2. The van der Waals surface area contributed by atoms with Gasteiger partial charge >= 0.3 is 0 Å². The predicted molar refractivity (Wildman–Crippen MR) is 79.9 cm³/mol. The second-order valence-corrected chi connectivity index (χ2v) is 5.06. The number of hydrogen-bond donors (Lipinski definition) is 1. The van der Waals surface area contributed by atoms with E-state index >= 15 is 0 Å². The highest BCUT2D eigenvalue weighted by molar-refractivity contribution is 6.30. The van der Waals surface area contributed by atoms with Crippen LogP contribution in [0.3, 0.4) is 0 Å². The second kappa shape index (κ2) is 6.86. The van der Waals surface area contributed by atoms with Crippen molar-refractivity contribution in [2.75, 3.05) is 6.54 Å². The molecule has 1 aromatic heterocycles. The van der Waals surface area contributed by atoms with Crippen LogP contribution in [0.25, 0.3) is 5.69 Å². The van der Waals surface area contributed by atoms with Crippen LogP contribution in [0.2, 0.25) is 5.02 Å². The van der Waals surface area contributed by atoms with Gasteiger partial charge in [0.1, 0.15) is 5.82 Å². The summed E-state index contributed by atoms with van der Waals surface area (Å²) in [5, 5.41) is 7.87. The molecule has 0 amide bonds. The van der Waals surface area contributed by atoms with E-state index < -0.39 is 5.82 Å². The highest BCUT2D eigenvalue weighted by atomic mass is 35.5. The molecular weight excluding hydrogens is 277 g/mol. The van der Waals surface area contributed by atoms with Crippen molar-refractivity contribution in [3.05, 3.63) is 46.5 Å². The van der Waals surface area contributed by atoms with E-state index in [0.717, 1.165) is 37.2 Å². The van der Waals surface area contributed by atoms with Gasteiger partial charge in [-0.1, -0.05) is 25.4 Å². The number of nitrogens with zero attached hydrogens (tertiary/aromatic N) is 2. The summed E-state index contributed by atoms with van der Waals surface area (Å²) < 4.78 is 15.4. The lowest BCUT2D eigenvalue weighted by Gasteiger charge is -2.09. The zero-order valence-electron chi connectivity index (χ0n) is 11.8. The van der Waals surface area contributed by atoms with Crippen molar-refractivity contribution in [3.8, 4) is 5.69 Å². The highest BCUT2D eigenvalue weighted by Gasteiger charge is 2.11.